The maximum absolute atomic E-state index is 12.1. The summed E-state index contributed by atoms with van der Waals surface area (Å²) in [6.07, 6.45) is 2.41. The highest BCUT2D eigenvalue weighted by atomic mass is 32.2. The van der Waals surface area contributed by atoms with Gasteiger partial charge in [-0.25, -0.2) is 8.42 Å². The van der Waals surface area contributed by atoms with Crippen molar-refractivity contribution in [3.8, 4) is 0 Å². The van der Waals surface area contributed by atoms with Crippen LogP contribution in [-0.4, -0.2) is 54.1 Å². The molecule has 8 heteroatoms. The van der Waals surface area contributed by atoms with Crippen molar-refractivity contribution >= 4 is 17.4 Å². The summed E-state index contributed by atoms with van der Waals surface area (Å²) in [7, 11) is -5.88. The first-order valence-corrected chi connectivity index (χ1v) is 9.31. The summed E-state index contributed by atoms with van der Waals surface area (Å²) in [6, 6.07) is 0. The largest absolute Gasteiger partial charge is 0.392 e. The molecular weight excluding hydrogens is 265 g/mol. The number of nitrogens with zero attached hydrogens (tertiary/aromatic N) is 1. The number of sulfonamides is 1. The van der Waals surface area contributed by atoms with Crippen LogP contribution in [0.3, 0.4) is 0 Å². The molecular formula is C9H20NO5PS. The van der Waals surface area contributed by atoms with E-state index in [9.17, 15) is 23.0 Å². The first-order valence-electron chi connectivity index (χ1n) is 5.55. The van der Waals surface area contributed by atoms with Gasteiger partial charge in [-0.05, 0) is 12.8 Å². The van der Waals surface area contributed by atoms with Crippen molar-refractivity contribution < 1.29 is 23.0 Å². The van der Waals surface area contributed by atoms with Gasteiger partial charge in [-0.3, -0.25) is 4.57 Å². The predicted molar refractivity (Wildman–Crippen MR) is 65.6 cm³/mol. The predicted octanol–water partition coefficient (Wildman–Crippen LogP) is 0.409. The lowest BCUT2D eigenvalue weighted by atomic mass is 9.97. The lowest BCUT2D eigenvalue weighted by Crippen LogP contribution is -2.35. The second-order valence-corrected chi connectivity index (χ2v) is 9.22. The van der Waals surface area contributed by atoms with E-state index < -0.39 is 35.4 Å². The summed E-state index contributed by atoms with van der Waals surface area (Å²) in [5.74, 6) is 0. The van der Waals surface area contributed by atoms with Crippen LogP contribution in [0.2, 0.25) is 0 Å². The van der Waals surface area contributed by atoms with Crippen LogP contribution in [0.4, 0.5) is 0 Å². The molecule has 0 saturated heterocycles. The van der Waals surface area contributed by atoms with Crippen LogP contribution in [0, 0.1) is 0 Å². The highest BCUT2D eigenvalue weighted by molar-refractivity contribution is 7.88. The Morgan fingerprint density at radius 3 is 2.35 bits per heavy atom. The van der Waals surface area contributed by atoms with E-state index >= 15 is 0 Å². The van der Waals surface area contributed by atoms with Crippen molar-refractivity contribution in [3.63, 3.8) is 0 Å². The van der Waals surface area contributed by atoms with Gasteiger partial charge < -0.3 is 10.00 Å². The summed E-state index contributed by atoms with van der Waals surface area (Å²) in [4.78, 5) is 9.93. The molecule has 1 rings (SSSR count). The molecule has 102 valence electrons. The molecule has 0 bridgehead atoms. The third-order valence-corrected chi connectivity index (χ3v) is 7.10. The molecule has 1 aliphatic carbocycles. The zero-order valence-electron chi connectivity index (χ0n) is 10.1. The van der Waals surface area contributed by atoms with Gasteiger partial charge in [0.1, 0.15) is 0 Å². The van der Waals surface area contributed by atoms with Crippen molar-refractivity contribution in [1.29, 1.82) is 0 Å². The zero-order chi connectivity index (χ0) is 13.3. The number of hydrogen-bond acceptors (Lipinski definition) is 4. The topological polar surface area (TPSA) is 94.9 Å². The second kappa shape index (κ2) is 5.36. The molecule has 0 heterocycles. The summed E-state index contributed by atoms with van der Waals surface area (Å²) < 4.78 is 35.4. The van der Waals surface area contributed by atoms with Gasteiger partial charge in [-0.2, -0.15) is 4.31 Å². The fraction of sp³-hybridized carbons (Fsp3) is 1.00. The van der Waals surface area contributed by atoms with E-state index in [1.807, 2.05) is 0 Å². The monoisotopic (exact) mass is 285 g/mol. The normalized spacial score (nSPS) is 30.2. The molecule has 1 saturated carbocycles. The lowest BCUT2D eigenvalue weighted by molar-refractivity contribution is 0.128. The number of rotatable bonds is 4. The Bertz CT molecular complexity index is 410. The van der Waals surface area contributed by atoms with Gasteiger partial charge in [0, 0.05) is 7.05 Å². The van der Waals surface area contributed by atoms with E-state index in [2.05, 4.69) is 0 Å². The van der Waals surface area contributed by atoms with E-state index in [1.54, 1.807) is 0 Å². The molecule has 17 heavy (non-hydrogen) atoms. The highest BCUT2D eigenvalue weighted by Crippen LogP contribution is 2.52. The van der Waals surface area contributed by atoms with E-state index in [1.165, 1.54) is 7.05 Å². The van der Waals surface area contributed by atoms with Gasteiger partial charge in [0.05, 0.1) is 24.3 Å². The Balaban J connectivity index is 2.77. The Morgan fingerprint density at radius 1 is 1.35 bits per heavy atom. The standard InChI is InChI=1S/C9H20NO5PS/c1-10(17(2,14)15)7-16(12,13)9-6-4-3-5-8(9)11/h8-9,11H,3-7H2,1-2H3,(H,12,13). The molecule has 0 aromatic rings. The van der Waals surface area contributed by atoms with Crippen molar-refractivity contribution in [2.75, 3.05) is 19.6 Å². The van der Waals surface area contributed by atoms with Crippen molar-refractivity contribution in [2.45, 2.75) is 37.4 Å². The van der Waals surface area contributed by atoms with Crippen LogP contribution < -0.4 is 0 Å². The summed E-state index contributed by atoms with van der Waals surface area (Å²) in [5, 5.41) is 9.72. The summed E-state index contributed by atoms with van der Waals surface area (Å²) in [6.45, 7) is 0. The molecule has 0 aromatic carbocycles. The molecule has 0 amide bonds. The molecule has 0 radical (unpaired) electrons. The second-order valence-electron chi connectivity index (χ2n) is 4.68. The molecule has 0 aliphatic heterocycles. The molecule has 6 nitrogen and oxygen atoms in total. The van der Waals surface area contributed by atoms with Crippen molar-refractivity contribution in [3.05, 3.63) is 0 Å². The van der Waals surface area contributed by atoms with Crippen LogP contribution in [0.15, 0.2) is 0 Å². The van der Waals surface area contributed by atoms with Crippen LogP contribution in [0.1, 0.15) is 25.7 Å². The summed E-state index contributed by atoms with van der Waals surface area (Å²) in [5.41, 5.74) is -0.694. The SMILES string of the molecule is CN(CP(=O)(O)C1CCCCC1O)S(C)(=O)=O. The third-order valence-electron chi connectivity index (χ3n) is 3.18. The fourth-order valence-electron chi connectivity index (χ4n) is 2.06. The first kappa shape index (κ1) is 15.1. The minimum atomic E-state index is -3.68. The van der Waals surface area contributed by atoms with Gasteiger partial charge in [0.25, 0.3) is 0 Å². The first-order chi connectivity index (χ1) is 7.64. The van der Waals surface area contributed by atoms with Gasteiger partial charge in [-0.15, -0.1) is 0 Å². The molecule has 0 aromatic heterocycles. The number of hydrogen-bond donors (Lipinski definition) is 2. The third kappa shape index (κ3) is 4.03. The fourth-order valence-corrected chi connectivity index (χ4v) is 5.45. The molecule has 1 aliphatic rings. The lowest BCUT2D eigenvalue weighted by Gasteiger charge is -2.32. The highest BCUT2D eigenvalue weighted by Gasteiger charge is 2.39. The Labute approximate surface area is 102 Å². The molecule has 2 N–H and O–H groups in total. The number of aliphatic hydroxyl groups excluding tert-OH is 1. The average molecular weight is 285 g/mol. The zero-order valence-corrected chi connectivity index (χ0v) is 11.8. The number of aliphatic hydroxyl groups is 1. The van der Waals surface area contributed by atoms with E-state index in [0.717, 1.165) is 23.4 Å². The van der Waals surface area contributed by atoms with Crippen LogP contribution in [-0.2, 0) is 14.6 Å². The van der Waals surface area contributed by atoms with Gasteiger partial charge >= 0.3 is 0 Å². The van der Waals surface area contributed by atoms with E-state index in [4.69, 9.17) is 0 Å². The van der Waals surface area contributed by atoms with E-state index in [0.29, 0.717) is 12.8 Å². The van der Waals surface area contributed by atoms with E-state index in [-0.39, 0.29) is 0 Å². The van der Waals surface area contributed by atoms with Gasteiger partial charge in [0.15, 0.2) is 0 Å². The molecule has 3 unspecified atom stereocenters. The molecule has 0 spiro atoms. The Morgan fingerprint density at radius 2 is 1.88 bits per heavy atom. The summed E-state index contributed by atoms with van der Waals surface area (Å²) >= 11 is 0. The minimum absolute atomic E-state index is 0.423. The van der Waals surface area contributed by atoms with Crippen LogP contribution >= 0.6 is 7.37 Å². The quantitative estimate of drug-likeness (QED) is 0.729. The van der Waals surface area contributed by atoms with Crippen molar-refractivity contribution in [1.82, 2.24) is 4.31 Å². The molecule has 3 atom stereocenters. The van der Waals surface area contributed by atoms with Gasteiger partial charge in [0.2, 0.25) is 17.4 Å². The Kier molecular flexibility index (Phi) is 4.77. The van der Waals surface area contributed by atoms with Crippen LogP contribution in [0.25, 0.3) is 0 Å². The maximum Gasteiger partial charge on any atom is 0.220 e. The smallest absolute Gasteiger partial charge is 0.220 e. The minimum Gasteiger partial charge on any atom is -0.392 e. The van der Waals surface area contributed by atoms with Gasteiger partial charge in [-0.1, -0.05) is 12.8 Å². The van der Waals surface area contributed by atoms with Crippen LogP contribution in [0.5, 0.6) is 0 Å². The van der Waals surface area contributed by atoms with Crippen molar-refractivity contribution in [2.24, 2.45) is 0 Å². The maximum atomic E-state index is 12.1. The Hall–Kier alpha value is 0.0600. The average Bonchev–Trinajstić information content (AvgIpc) is 2.15. The molecule has 1 fully saturated rings.